The molecule has 110 valence electrons. The van der Waals surface area contributed by atoms with Crippen LogP contribution in [-0.2, 0) is 16.5 Å². The summed E-state index contributed by atoms with van der Waals surface area (Å²) in [6, 6.07) is 0. The van der Waals surface area contributed by atoms with Crippen LogP contribution in [0.15, 0.2) is 6.20 Å². The standard InChI is InChI=1S/C15H22N2O3/c1-11-13(10-16-17(11)2)14(18)12-3-6-20-15(9-12)4-7-19-8-5-15/h10,12H,3-9H2,1-2H3. The molecular formula is C15H22N2O3. The summed E-state index contributed by atoms with van der Waals surface area (Å²) in [6.45, 7) is 4.11. The van der Waals surface area contributed by atoms with Gasteiger partial charge in [-0.3, -0.25) is 9.48 Å². The normalized spacial score (nSPS) is 25.8. The van der Waals surface area contributed by atoms with Gasteiger partial charge < -0.3 is 9.47 Å². The fraction of sp³-hybridized carbons (Fsp3) is 0.733. The van der Waals surface area contributed by atoms with Crippen LogP contribution < -0.4 is 0 Å². The molecule has 5 nitrogen and oxygen atoms in total. The van der Waals surface area contributed by atoms with Gasteiger partial charge in [-0.05, 0) is 32.6 Å². The maximum atomic E-state index is 12.7. The second kappa shape index (κ2) is 5.30. The zero-order chi connectivity index (χ0) is 14.2. The quantitative estimate of drug-likeness (QED) is 0.775. The van der Waals surface area contributed by atoms with Gasteiger partial charge in [0.1, 0.15) is 0 Å². The van der Waals surface area contributed by atoms with Gasteiger partial charge in [0.15, 0.2) is 5.78 Å². The van der Waals surface area contributed by atoms with Crippen LogP contribution in [0.25, 0.3) is 0 Å². The zero-order valence-corrected chi connectivity index (χ0v) is 12.2. The van der Waals surface area contributed by atoms with Crippen molar-refractivity contribution in [2.45, 2.75) is 38.2 Å². The van der Waals surface area contributed by atoms with Gasteiger partial charge in [-0.2, -0.15) is 5.10 Å². The number of hydrogen-bond acceptors (Lipinski definition) is 4. The molecule has 0 saturated carbocycles. The van der Waals surface area contributed by atoms with Crippen LogP contribution in [-0.4, -0.2) is 41.0 Å². The van der Waals surface area contributed by atoms with Crippen LogP contribution in [0.4, 0.5) is 0 Å². The Morgan fingerprint density at radius 1 is 1.40 bits per heavy atom. The van der Waals surface area contributed by atoms with Crippen molar-refractivity contribution in [1.29, 1.82) is 0 Å². The molecule has 20 heavy (non-hydrogen) atoms. The summed E-state index contributed by atoms with van der Waals surface area (Å²) in [5, 5.41) is 4.18. The Morgan fingerprint density at radius 2 is 2.15 bits per heavy atom. The first kappa shape index (κ1) is 13.8. The summed E-state index contributed by atoms with van der Waals surface area (Å²) in [4.78, 5) is 12.7. The lowest BCUT2D eigenvalue weighted by Crippen LogP contribution is -2.45. The molecule has 3 rings (SSSR count). The second-order valence-corrected chi connectivity index (χ2v) is 5.97. The average Bonchev–Trinajstić information content (AvgIpc) is 2.79. The van der Waals surface area contributed by atoms with Crippen molar-refractivity contribution >= 4 is 5.78 Å². The molecule has 0 bridgehead atoms. The third-order valence-electron chi connectivity index (χ3n) is 4.77. The Bertz CT molecular complexity index is 498. The van der Waals surface area contributed by atoms with E-state index in [1.807, 2.05) is 14.0 Å². The molecule has 2 aliphatic rings. The highest BCUT2D eigenvalue weighted by atomic mass is 16.5. The fourth-order valence-electron chi connectivity index (χ4n) is 3.30. The van der Waals surface area contributed by atoms with Crippen molar-refractivity contribution < 1.29 is 14.3 Å². The number of aryl methyl sites for hydroxylation is 1. The molecule has 1 aromatic heterocycles. The van der Waals surface area contributed by atoms with E-state index in [2.05, 4.69) is 5.10 Å². The lowest BCUT2D eigenvalue weighted by atomic mass is 9.78. The predicted molar refractivity (Wildman–Crippen MR) is 73.7 cm³/mol. The maximum absolute atomic E-state index is 12.7. The lowest BCUT2D eigenvalue weighted by Gasteiger charge is -2.42. The second-order valence-electron chi connectivity index (χ2n) is 5.97. The number of carbonyl (C=O) groups excluding carboxylic acids is 1. The van der Waals surface area contributed by atoms with Crippen molar-refractivity contribution in [2.75, 3.05) is 19.8 Å². The van der Waals surface area contributed by atoms with Gasteiger partial charge in [-0.1, -0.05) is 0 Å². The van der Waals surface area contributed by atoms with Gasteiger partial charge >= 0.3 is 0 Å². The minimum atomic E-state index is -0.132. The van der Waals surface area contributed by atoms with Gasteiger partial charge in [0, 0.05) is 38.5 Å². The summed E-state index contributed by atoms with van der Waals surface area (Å²) >= 11 is 0. The van der Waals surface area contributed by atoms with E-state index < -0.39 is 0 Å². The summed E-state index contributed by atoms with van der Waals surface area (Å²) in [7, 11) is 1.87. The Morgan fingerprint density at radius 3 is 2.80 bits per heavy atom. The fourth-order valence-corrected chi connectivity index (χ4v) is 3.30. The van der Waals surface area contributed by atoms with Crippen LogP contribution in [0, 0.1) is 12.8 Å². The van der Waals surface area contributed by atoms with E-state index in [1.165, 1.54) is 0 Å². The number of hydrogen-bond donors (Lipinski definition) is 0. The van der Waals surface area contributed by atoms with Crippen LogP contribution in [0.3, 0.4) is 0 Å². The van der Waals surface area contributed by atoms with Gasteiger partial charge in [0.05, 0.1) is 17.4 Å². The van der Waals surface area contributed by atoms with Crippen molar-refractivity contribution in [3.63, 3.8) is 0 Å². The van der Waals surface area contributed by atoms with Crippen LogP contribution in [0.1, 0.15) is 41.7 Å². The molecule has 0 amide bonds. The van der Waals surface area contributed by atoms with Crippen molar-refractivity contribution in [3.05, 3.63) is 17.5 Å². The molecule has 1 atom stereocenters. The molecule has 0 aliphatic carbocycles. The molecule has 0 N–H and O–H groups in total. The molecule has 2 aliphatic heterocycles. The number of rotatable bonds is 2. The molecule has 2 saturated heterocycles. The molecule has 5 heteroatoms. The van der Waals surface area contributed by atoms with Gasteiger partial charge in [0.25, 0.3) is 0 Å². The van der Waals surface area contributed by atoms with Gasteiger partial charge in [-0.15, -0.1) is 0 Å². The molecule has 3 heterocycles. The Labute approximate surface area is 119 Å². The summed E-state index contributed by atoms with van der Waals surface area (Å²) in [5.41, 5.74) is 1.58. The van der Waals surface area contributed by atoms with E-state index in [9.17, 15) is 4.79 Å². The zero-order valence-electron chi connectivity index (χ0n) is 12.2. The summed E-state index contributed by atoms with van der Waals surface area (Å²) in [5.74, 6) is 0.287. The lowest BCUT2D eigenvalue weighted by molar-refractivity contribution is -0.142. The minimum Gasteiger partial charge on any atom is -0.381 e. The van der Waals surface area contributed by atoms with Gasteiger partial charge in [-0.25, -0.2) is 0 Å². The van der Waals surface area contributed by atoms with Crippen LogP contribution in [0.2, 0.25) is 0 Å². The topological polar surface area (TPSA) is 53.4 Å². The maximum Gasteiger partial charge on any atom is 0.169 e. The monoisotopic (exact) mass is 278 g/mol. The van der Waals surface area contributed by atoms with E-state index >= 15 is 0 Å². The Hall–Kier alpha value is -1.20. The third-order valence-corrected chi connectivity index (χ3v) is 4.77. The Kier molecular flexibility index (Phi) is 3.65. The Balaban J connectivity index is 1.76. The minimum absolute atomic E-state index is 0.0600. The van der Waals surface area contributed by atoms with E-state index in [0.29, 0.717) is 6.61 Å². The molecule has 1 unspecified atom stereocenters. The number of nitrogens with zero attached hydrogens (tertiary/aromatic N) is 2. The van der Waals surface area contributed by atoms with Crippen LogP contribution >= 0.6 is 0 Å². The SMILES string of the molecule is Cc1c(C(=O)C2CCOC3(CCOCC3)C2)cnn1C. The number of Topliss-reactive ketones (excluding diaryl/α,β-unsaturated/α-hetero) is 1. The number of ether oxygens (including phenoxy) is 2. The number of aromatic nitrogens is 2. The smallest absolute Gasteiger partial charge is 0.169 e. The van der Waals surface area contributed by atoms with Crippen molar-refractivity contribution in [2.24, 2.45) is 13.0 Å². The van der Waals surface area contributed by atoms with E-state index in [0.717, 1.165) is 50.2 Å². The highest BCUT2D eigenvalue weighted by Gasteiger charge is 2.41. The van der Waals surface area contributed by atoms with E-state index in [1.54, 1.807) is 10.9 Å². The van der Waals surface area contributed by atoms with E-state index in [4.69, 9.17) is 9.47 Å². The molecule has 1 spiro atoms. The molecule has 1 aromatic rings. The first-order chi connectivity index (χ1) is 9.61. The van der Waals surface area contributed by atoms with Crippen LogP contribution in [0.5, 0.6) is 0 Å². The highest BCUT2D eigenvalue weighted by Crippen LogP contribution is 2.38. The molecule has 2 fully saturated rings. The number of carbonyl (C=O) groups is 1. The molecule has 0 radical (unpaired) electrons. The largest absolute Gasteiger partial charge is 0.381 e. The number of ketones is 1. The third kappa shape index (κ3) is 2.40. The average molecular weight is 278 g/mol. The molecule has 0 aromatic carbocycles. The van der Waals surface area contributed by atoms with Crippen molar-refractivity contribution in [1.82, 2.24) is 9.78 Å². The molecular weight excluding hydrogens is 256 g/mol. The van der Waals surface area contributed by atoms with Crippen molar-refractivity contribution in [3.8, 4) is 0 Å². The highest BCUT2D eigenvalue weighted by molar-refractivity contribution is 5.98. The van der Waals surface area contributed by atoms with E-state index in [-0.39, 0.29) is 17.3 Å². The predicted octanol–water partition coefficient (Wildman–Crippen LogP) is 1.89. The first-order valence-corrected chi connectivity index (χ1v) is 7.36. The van der Waals surface area contributed by atoms with Gasteiger partial charge in [0.2, 0.25) is 0 Å². The summed E-state index contributed by atoms with van der Waals surface area (Å²) < 4.78 is 13.2. The first-order valence-electron chi connectivity index (χ1n) is 7.36. The summed E-state index contributed by atoms with van der Waals surface area (Å²) in [6.07, 6.45) is 5.15.